The van der Waals surface area contributed by atoms with Crippen LogP contribution in [0.15, 0.2) is 48.5 Å². The van der Waals surface area contributed by atoms with Crippen molar-refractivity contribution >= 4 is 11.8 Å². The second-order valence-corrected chi connectivity index (χ2v) is 7.63. The van der Waals surface area contributed by atoms with Gasteiger partial charge in [0.1, 0.15) is 5.69 Å². The number of carbonyl (C=O) groups is 2. The number of aliphatic hydroxyl groups is 1. The maximum atomic E-state index is 13.2. The summed E-state index contributed by atoms with van der Waals surface area (Å²) < 4.78 is 5.08. The Morgan fingerprint density at radius 2 is 1.68 bits per heavy atom. The second-order valence-electron chi connectivity index (χ2n) is 7.63. The van der Waals surface area contributed by atoms with E-state index < -0.39 is 0 Å². The van der Waals surface area contributed by atoms with Crippen LogP contribution in [0, 0.1) is 20.8 Å². The fourth-order valence-electron chi connectivity index (χ4n) is 3.65. The Morgan fingerprint density at radius 3 is 2.32 bits per heavy atom. The molecule has 2 aromatic carbocycles. The second kappa shape index (κ2) is 9.67. The van der Waals surface area contributed by atoms with Gasteiger partial charge >= 0.3 is 5.97 Å². The molecule has 3 aromatic rings. The third-order valence-corrected chi connectivity index (χ3v) is 5.31. The van der Waals surface area contributed by atoms with Crippen molar-refractivity contribution < 1.29 is 19.4 Å². The molecule has 31 heavy (non-hydrogen) atoms. The van der Waals surface area contributed by atoms with Gasteiger partial charge in [0.15, 0.2) is 5.78 Å². The molecule has 0 unspecified atom stereocenters. The van der Waals surface area contributed by atoms with E-state index in [4.69, 9.17) is 4.74 Å². The van der Waals surface area contributed by atoms with Gasteiger partial charge in [-0.3, -0.25) is 4.79 Å². The summed E-state index contributed by atoms with van der Waals surface area (Å²) >= 11 is 0. The van der Waals surface area contributed by atoms with E-state index in [-0.39, 0.29) is 24.8 Å². The van der Waals surface area contributed by atoms with E-state index >= 15 is 0 Å². The Morgan fingerprint density at radius 1 is 0.968 bits per heavy atom. The average Bonchev–Trinajstić information content (AvgIpc) is 2.76. The minimum Gasteiger partial charge on any atom is -0.462 e. The zero-order valence-electron chi connectivity index (χ0n) is 18.4. The van der Waals surface area contributed by atoms with Crippen LogP contribution in [0.3, 0.4) is 0 Å². The summed E-state index contributed by atoms with van der Waals surface area (Å²) in [6, 6.07) is 14.8. The normalized spacial score (nSPS) is 10.7. The van der Waals surface area contributed by atoms with Gasteiger partial charge in [-0.1, -0.05) is 24.3 Å². The van der Waals surface area contributed by atoms with Crippen LogP contribution < -0.4 is 0 Å². The number of ether oxygens (including phenoxy) is 1. The summed E-state index contributed by atoms with van der Waals surface area (Å²) in [6.45, 7) is 7.71. The van der Waals surface area contributed by atoms with Crippen LogP contribution in [0.1, 0.15) is 55.6 Å². The van der Waals surface area contributed by atoms with Gasteiger partial charge in [-0.25, -0.2) is 9.78 Å². The minimum absolute atomic E-state index is 0.0498. The summed E-state index contributed by atoms with van der Waals surface area (Å²) in [6.07, 6.45) is 0.203. The van der Waals surface area contributed by atoms with E-state index in [9.17, 15) is 14.7 Å². The van der Waals surface area contributed by atoms with Crippen molar-refractivity contribution in [3.05, 3.63) is 87.6 Å². The molecule has 0 fully saturated rings. The molecule has 0 amide bonds. The molecule has 1 heterocycles. The number of Topliss-reactive ketones (excluding diaryl/α,β-unsaturated/α-hetero) is 1. The van der Waals surface area contributed by atoms with Crippen LogP contribution in [0.25, 0.3) is 11.3 Å². The molecule has 3 rings (SSSR count). The first-order valence-electron chi connectivity index (χ1n) is 10.3. The maximum absolute atomic E-state index is 13.2. The molecule has 5 nitrogen and oxygen atoms in total. The number of carbonyl (C=O) groups excluding carboxylic acids is 2. The topological polar surface area (TPSA) is 76.5 Å². The molecule has 0 atom stereocenters. The fraction of sp³-hybridized carbons (Fsp3) is 0.269. The van der Waals surface area contributed by atoms with E-state index in [0.29, 0.717) is 23.6 Å². The third kappa shape index (κ3) is 5.06. The highest BCUT2D eigenvalue weighted by molar-refractivity contribution is 5.98. The Bertz CT molecular complexity index is 1110. The average molecular weight is 418 g/mol. The molecule has 0 aliphatic heterocycles. The Kier molecular flexibility index (Phi) is 6.98. The number of pyridine rings is 1. The van der Waals surface area contributed by atoms with E-state index in [2.05, 4.69) is 4.98 Å². The number of hydrogen-bond acceptors (Lipinski definition) is 5. The number of aromatic nitrogens is 1. The van der Waals surface area contributed by atoms with Crippen LogP contribution in [-0.4, -0.2) is 28.4 Å². The zero-order valence-corrected chi connectivity index (χ0v) is 18.4. The smallest absolute Gasteiger partial charge is 0.338 e. The van der Waals surface area contributed by atoms with Gasteiger partial charge in [0.2, 0.25) is 0 Å². The zero-order chi connectivity index (χ0) is 22.5. The molecule has 0 saturated carbocycles. The van der Waals surface area contributed by atoms with Crippen LogP contribution in [0.2, 0.25) is 0 Å². The SMILES string of the molecule is CCOC(=O)c1cc(C)c(CC(=O)c2nc(-c3cccc(CO)c3)ccc2C)c(C)c1. The van der Waals surface area contributed by atoms with Gasteiger partial charge in [-0.15, -0.1) is 0 Å². The van der Waals surface area contributed by atoms with Crippen molar-refractivity contribution in [2.75, 3.05) is 6.61 Å². The lowest BCUT2D eigenvalue weighted by molar-refractivity contribution is 0.0526. The lowest BCUT2D eigenvalue weighted by Crippen LogP contribution is -2.12. The first-order chi connectivity index (χ1) is 14.8. The highest BCUT2D eigenvalue weighted by Gasteiger charge is 2.18. The minimum atomic E-state index is -0.359. The lowest BCUT2D eigenvalue weighted by atomic mass is 9.93. The Hall–Kier alpha value is -3.31. The predicted octanol–water partition coefficient (Wildman–Crippen LogP) is 4.77. The lowest BCUT2D eigenvalue weighted by Gasteiger charge is -2.13. The summed E-state index contributed by atoms with van der Waals surface area (Å²) in [5, 5.41) is 9.39. The molecular formula is C26H27NO4. The number of nitrogens with zero attached hydrogens (tertiary/aromatic N) is 1. The number of aryl methyl sites for hydroxylation is 3. The standard InChI is InChI=1S/C26H27NO4/c1-5-31-26(30)21-11-17(3)22(18(4)12-21)14-24(29)25-16(2)9-10-23(27-25)20-8-6-7-19(13-20)15-28/h6-13,28H,5,14-15H2,1-4H3. The van der Waals surface area contributed by atoms with E-state index in [1.54, 1.807) is 19.1 Å². The number of aliphatic hydroxyl groups excluding tert-OH is 1. The van der Waals surface area contributed by atoms with Crippen molar-refractivity contribution in [2.45, 2.75) is 40.7 Å². The number of hydrogen-bond donors (Lipinski definition) is 1. The monoisotopic (exact) mass is 417 g/mol. The van der Waals surface area contributed by atoms with Crippen LogP contribution in [0.4, 0.5) is 0 Å². The Balaban J connectivity index is 1.91. The Labute approximate surface area is 182 Å². The molecule has 0 saturated heterocycles. The summed E-state index contributed by atoms with van der Waals surface area (Å²) in [4.78, 5) is 29.9. The van der Waals surface area contributed by atoms with Crippen molar-refractivity contribution in [1.29, 1.82) is 0 Å². The molecule has 160 valence electrons. The van der Waals surface area contributed by atoms with Crippen molar-refractivity contribution in [3.63, 3.8) is 0 Å². The summed E-state index contributed by atoms with van der Waals surface area (Å²) in [7, 11) is 0. The molecule has 0 aliphatic rings. The van der Waals surface area contributed by atoms with Gasteiger partial charge in [-0.2, -0.15) is 0 Å². The first kappa shape index (κ1) is 22.4. The third-order valence-electron chi connectivity index (χ3n) is 5.31. The van der Waals surface area contributed by atoms with E-state index in [1.165, 1.54) is 0 Å². The van der Waals surface area contributed by atoms with Gasteiger partial charge < -0.3 is 9.84 Å². The van der Waals surface area contributed by atoms with Crippen molar-refractivity contribution in [2.24, 2.45) is 0 Å². The van der Waals surface area contributed by atoms with Crippen molar-refractivity contribution in [3.8, 4) is 11.3 Å². The summed E-state index contributed by atoms with van der Waals surface area (Å²) in [5.74, 6) is -0.436. The molecule has 0 aliphatic carbocycles. The van der Waals surface area contributed by atoms with E-state index in [1.807, 2.05) is 57.2 Å². The number of ketones is 1. The van der Waals surface area contributed by atoms with Crippen molar-refractivity contribution in [1.82, 2.24) is 4.98 Å². The van der Waals surface area contributed by atoms with Gasteiger partial charge in [0.25, 0.3) is 0 Å². The number of benzene rings is 2. The number of rotatable bonds is 7. The van der Waals surface area contributed by atoms with Gasteiger partial charge in [-0.05, 0) is 79.8 Å². The fourth-order valence-corrected chi connectivity index (χ4v) is 3.65. The van der Waals surface area contributed by atoms with Gasteiger partial charge in [0.05, 0.1) is 24.5 Å². The van der Waals surface area contributed by atoms with Crippen LogP contribution in [-0.2, 0) is 17.8 Å². The highest BCUT2D eigenvalue weighted by Crippen LogP contribution is 2.23. The molecule has 5 heteroatoms. The van der Waals surface area contributed by atoms with Crippen LogP contribution in [0.5, 0.6) is 0 Å². The molecule has 1 N–H and O–H groups in total. The van der Waals surface area contributed by atoms with E-state index in [0.717, 1.165) is 33.4 Å². The number of esters is 1. The van der Waals surface area contributed by atoms with Crippen LogP contribution >= 0.6 is 0 Å². The molecule has 0 bridgehead atoms. The van der Waals surface area contributed by atoms with Gasteiger partial charge in [0, 0.05) is 12.0 Å². The highest BCUT2D eigenvalue weighted by atomic mass is 16.5. The first-order valence-corrected chi connectivity index (χ1v) is 10.3. The maximum Gasteiger partial charge on any atom is 0.338 e. The molecule has 1 aromatic heterocycles. The molecular weight excluding hydrogens is 390 g/mol. The summed E-state index contributed by atoms with van der Waals surface area (Å²) in [5.41, 5.74) is 6.72. The largest absolute Gasteiger partial charge is 0.462 e. The predicted molar refractivity (Wildman–Crippen MR) is 120 cm³/mol. The molecule has 0 radical (unpaired) electrons. The quantitative estimate of drug-likeness (QED) is 0.443. The molecule has 0 spiro atoms.